The lowest BCUT2D eigenvalue weighted by Gasteiger charge is -2.32. The molecule has 1 aromatic carbocycles. The number of para-hydroxylation sites is 1. The zero-order valence-corrected chi connectivity index (χ0v) is 11.9. The van der Waals surface area contributed by atoms with Crippen molar-refractivity contribution < 1.29 is 0 Å². The number of hydrogen-bond acceptors (Lipinski definition) is 3. The fourth-order valence-corrected chi connectivity index (χ4v) is 2.93. The van der Waals surface area contributed by atoms with Crippen LogP contribution in [0, 0.1) is 0 Å². The molecule has 0 saturated heterocycles. The van der Waals surface area contributed by atoms with Crippen LogP contribution in [0.1, 0.15) is 24.5 Å². The van der Waals surface area contributed by atoms with Crippen LogP contribution >= 0.6 is 0 Å². The van der Waals surface area contributed by atoms with Gasteiger partial charge in [-0.2, -0.15) is 0 Å². The Kier molecular flexibility index (Phi) is 3.70. The fraction of sp³-hybridized carbons (Fsp3) is 0.353. The summed E-state index contributed by atoms with van der Waals surface area (Å²) in [4.78, 5) is 6.97. The molecule has 2 heterocycles. The van der Waals surface area contributed by atoms with Crippen molar-refractivity contribution in [2.75, 3.05) is 11.4 Å². The molecule has 0 aliphatic carbocycles. The van der Waals surface area contributed by atoms with Gasteiger partial charge >= 0.3 is 0 Å². The number of nitrogens with zero attached hydrogens (tertiary/aromatic N) is 2. The molecule has 0 radical (unpaired) electrons. The SMILES string of the molecule is CC(N)Cc1cccnc1N1CCCc2ccccc21. The number of aryl methyl sites for hydroxylation is 1. The molecule has 1 aliphatic heterocycles. The lowest BCUT2D eigenvalue weighted by atomic mass is 10.0. The summed E-state index contributed by atoms with van der Waals surface area (Å²) in [5.74, 6) is 1.07. The van der Waals surface area contributed by atoms with Gasteiger partial charge in [-0.3, -0.25) is 0 Å². The van der Waals surface area contributed by atoms with E-state index < -0.39 is 0 Å². The van der Waals surface area contributed by atoms with E-state index in [-0.39, 0.29) is 6.04 Å². The van der Waals surface area contributed by atoms with Crippen LogP contribution in [0.2, 0.25) is 0 Å². The lowest BCUT2D eigenvalue weighted by molar-refractivity contribution is 0.720. The highest BCUT2D eigenvalue weighted by Crippen LogP contribution is 2.33. The van der Waals surface area contributed by atoms with Crippen LogP contribution in [0.3, 0.4) is 0 Å². The number of anilines is 2. The maximum absolute atomic E-state index is 5.97. The fourth-order valence-electron chi connectivity index (χ4n) is 2.93. The highest BCUT2D eigenvalue weighted by atomic mass is 15.2. The summed E-state index contributed by atoms with van der Waals surface area (Å²) in [5, 5.41) is 0. The van der Waals surface area contributed by atoms with Crippen molar-refractivity contribution in [1.82, 2.24) is 4.98 Å². The Morgan fingerprint density at radius 2 is 2.10 bits per heavy atom. The summed E-state index contributed by atoms with van der Waals surface area (Å²) in [6, 6.07) is 12.9. The minimum Gasteiger partial charge on any atom is -0.328 e. The molecule has 0 spiro atoms. The van der Waals surface area contributed by atoms with Crippen LogP contribution in [-0.4, -0.2) is 17.6 Å². The number of rotatable bonds is 3. The monoisotopic (exact) mass is 267 g/mol. The molecule has 1 aliphatic rings. The van der Waals surface area contributed by atoms with Gasteiger partial charge in [0.1, 0.15) is 5.82 Å². The Morgan fingerprint density at radius 3 is 2.95 bits per heavy atom. The van der Waals surface area contributed by atoms with Gasteiger partial charge in [0.05, 0.1) is 0 Å². The molecule has 104 valence electrons. The number of fused-ring (bicyclic) bond motifs is 1. The van der Waals surface area contributed by atoms with Gasteiger partial charge in [0.25, 0.3) is 0 Å². The molecule has 0 amide bonds. The van der Waals surface area contributed by atoms with Gasteiger partial charge in [-0.15, -0.1) is 0 Å². The van der Waals surface area contributed by atoms with Gasteiger partial charge in [0.2, 0.25) is 0 Å². The van der Waals surface area contributed by atoms with E-state index in [0.717, 1.165) is 25.2 Å². The lowest BCUT2D eigenvalue weighted by Crippen LogP contribution is -2.27. The first kappa shape index (κ1) is 13.1. The molecular weight excluding hydrogens is 246 g/mol. The van der Waals surface area contributed by atoms with Crippen LogP contribution < -0.4 is 10.6 Å². The minimum absolute atomic E-state index is 0.151. The molecule has 0 saturated carbocycles. The number of hydrogen-bond donors (Lipinski definition) is 1. The Morgan fingerprint density at radius 1 is 1.25 bits per heavy atom. The van der Waals surface area contributed by atoms with Gasteiger partial charge in [0, 0.05) is 24.5 Å². The highest BCUT2D eigenvalue weighted by Gasteiger charge is 2.21. The molecule has 20 heavy (non-hydrogen) atoms. The average Bonchev–Trinajstić information content (AvgIpc) is 2.47. The molecular formula is C17H21N3. The third kappa shape index (κ3) is 2.54. The number of nitrogens with two attached hydrogens (primary N) is 1. The van der Waals surface area contributed by atoms with Crippen LogP contribution in [0.25, 0.3) is 0 Å². The molecule has 0 bridgehead atoms. The van der Waals surface area contributed by atoms with Crippen LogP contribution in [0.15, 0.2) is 42.6 Å². The van der Waals surface area contributed by atoms with Gasteiger partial charge in [-0.25, -0.2) is 4.98 Å². The van der Waals surface area contributed by atoms with E-state index in [2.05, 4.69) is 40.2 Å². The topological polar surface area (TPSA) is 42.1 Å². The maximum Gasteiger partial charge on any atom is 0.136 e. The molecule has 1 unspecified atom stereocenters. The molecule has 1 aromatic heterocycles. The molecule has 2 N–H and O–H groups in total. The second kappa shape index (κ2) is 5.63. The van der Waals surface area contributed by atoms with Crippen LogP contribution in [-0.2, 0) is 12.8 Å². The van der Waals surface area contributed by atoms with Crippen molar-refractivity contribution in [2.45, 2.75) is 32.2 Å². The van der Waals surface area contributed by atoms with Crippen LogP contribution in [0.4, 0.5) is 11.5 Å². The second-order valence-corrected chi connectivity index (χ2v) is 5.55. The molecule has 3 rings (SSSR count). The van der Waals surface area contributed by atoms with Crippen molar-refractivity contribution in [3.05, 3.63) is 53.7 Å². The smallest absolute Gasteiger partial charge is 0.136 e. The largest absolute Gasteiger partial charge is 0.328 e. The summed E-state index contributed by atoms with van der Waals surface area (Å²) in [6.45, 7) is 3.07. The van der Waals surface area contributed by atoms with E-state index in [4.69, 9.17) is 5.73 Å². The molecule has 0 fully saturated rings. The quantitative estimate of drug-likeness (QED) is 0.929. The van der Waals surface area contributed by atoms with Gasteiger partial charge in [-0.1, -0.05) is 24.3 Å². The van der Waals surface area contributed by atoms with Gasteiger partial charge in [-0.05, 0) is 49.4 Å². The van der Waals surface area contributed by atoms with Gasteiger partial charge < -0.3 is 10.6 Å². The number of aromatic nitrogens is 1. The summed E-state index contributed by atoms with van der Waals surface area (Å²) in [6.07, 6.45) is 5.06. The van der Waals surface area contributed by atoms with E-state index in [1.54, 1.807) is 0 Å². The van der Waals surface area contributed by atoms with Crippen LogP contribution in [0.5, 0.6) is 0 Å². The second-order valence-electron chi connectivity index (χ2n) is 5.55. The van der Waals surface area contributed by atoms with Gasteiger partial charge in [0.15, 0.2) is 0 Å². The molecule has 1 atom stereocenters. The Balaban J connectivity index is 2.02. The normalized spacial score (nSPS) is 15.8. The predicted molar refractivity (Wildman–Crippen MR) is 83.4 cm³/mol. The van der Waals surface area contributed by atoms with Crippen molar-refractivity contribution >= 4 is 11.5 Å². The van der Waals surface area contributed by atoms with E-state index in [1.807, 2.05) is 19.2 Å². The van der Waals surface area contributed by atoms with E-state index in [0.29, 0.717) is 0 Å². The third-order valence-electron chi connectivity index (χ3n) is 3.78. The van der Waals surface area contributed by atoms with E-state index in [1.165, 1.54) is 23.2 Å². The third-order valence-corrected chi connectivity index (χ3v) is 3.78. The summed E-state index contributed by atoms with van der Waals surface area (Å²) in [5.41, 5.74) is 9.91. The average molecular weight is 267 g/mol. The highest BCUT2D eigenvalue weighted by molar-refractivity contribution is 5.67. The van der Waals surface area contributed by atoms with Crippen molar-refractivity contribution in [3.63, 3.8) is 0 Å². The first-order valence-electron chi connectivity index (χ1n) is 7.30. The number of pyridine rings is 1. The summed E-state index contributed by atoms with van der Waals surface area (Å²) >= 11 is 0. The first-order chi connectivity index (χ1) is 9.75. The van der Waals surface area contributed by atoms with E-state index in [9.17, 15) is 0 Å². The summed E-state index contributed by atoms with van der Waals surface area (Å²) in [7, 11) is 0. The summed E-state index contributed by atoms with van der Waals surface area (Å²) < 4.78 is 0. The van der Waals surface area contributed by atoms with Crippen molar-refractivity contribution in [3.8, 4) is 0 Å². The zero-order chi connectivity index (χ0) is 13.9. The maximum atomic E-state index is 5.97. The molecule has 3 nitrogen and oxygen atoms in total. The first-order valence-corrected chi connectivity index (χ1v) is 7.30. The van der Waals surface area contributed by atoms with Crippen molar-refractivity contribution in [2.24, 2.45) is 5.73 Å². The van der Waals surface area contributed by atoms with E-state index >= 15 is 0 Å². The predicted octanol–water partition coefficient (Wildman–Crippen LogP) is 3.06. The minimum atomic E-state index is 0.151. The zero-order valence-electron chi connectivity index (χ0n) is 11.9. The Hall–Kier alpha value is -1.87. The standard InChI is InChI=1S/C17H21N3/c1-13(18)12-15-7-4-10-19-17(15)20-11-5-8-14-6-2-3-9-16(14)20/h2-4,6-7,9-10,13H,5,8,11-12,18H2,1H3. The molecule has 2 aromatic rings. The Labute approximate surface area is 120 Å². The molecule has 3 heteroatoms. The van der Waals surface area contributed by atoms with Crippen molar-refractivity contribution in [1.29, 1.82) is 0 Å². The Bertz CT molecular complexity index is 592. The number of benzene rings is 1.